The van der Waals surface area contributed by atoms with E-state index in [1.165, 1.54) is 19.3 Å². The molecule has 0 aliphatic carbocycles. The maximum Gasteiger partial charge on any atom is 0.253 e. The standard InChI is InChI=1S/C21H31N3O2.ClH/c25-20(9-6-17-10-12-22-13-11-17)23-16-18-4-7-19(8-5-18)21(26)24-14-2-1-3-15-24;/h4-5,7-8,17,22H,1-3,6,9-16H2,(H,23,25);1H. The summed E-state index contributed by atoms with van der Waals surface area (Å²) in [5.41, 5.74) is 1.78. The van der Waals surface area contributed by atoms with Gasteiger partial charge < -0.3 is 15.5 Å². The summed E-state index contributed by atoms with van der Waals surface area (Å²) >= 11 is 0. The van der Waals surface area contributed by atoms with Crippen molar-refractivity contribution < 1.29 is 9.59 Å². The van der Waals surface area contributed by atoms with E-state index >= 15 is 0 Å². The van der Waals surface area contributed by atoms with Crippen molar-refractivity contribution in [2.24, 2.45) is 5.92 Å². The molecule has 1 aromatic rings. The Hall–Kier alpha value is -1.59. The second-order valence-electron chi connectivity index (χ2n) is 7.56. The van der Waals surface area contributed by atoms with Gasteiger partial charge in [0.15, 0.2) is 0 Å². The summed E-state index contributed by atoms with van der Waals surface area (Å²) in [7, 11) is 0. The maximum absolute atomic E-state index is 12.5. The molecule has 2 aliphatic heterocycles. The van der Waals surface area contributed by atoms with Crippen LogP contribution in [0.5, 0.6) is 0 Å². The molecule has 0 saturated carbocycles. The van der Waals surface area contributed by atoms with Crippen molar-refractivity contribution in [2.75, 3.05) is 26.2 Å². The van der Waals surface area contributed by atoms with Crippen molar-refractivity contribution in [1.82, 2.24) is 15.5 Å². The first kappa shape index (κ1) is 21.7. The number of piperidine rings is 2. The first-order chi connectivity index (χ1) is 12.7. The van der Waals surface area contributed by atoms with E-state index in [0.717, 1.165) is 56.6 Å². The molecule has 2 heterocycles. The number of halogens is 1. The van der Waals surface area contributed by atoms with Gasteiger partial charge in [-0.25, -0.2) is 0 Å². The molecular weight excluding hydrogens is 362 g/mol. The van der Waals surface area contributed by atoms with Gasteiger partial charge >= 0.3 is 0 Å². The highest BCUT2D eigenvalue weighted by Crippen LogP contribution is 2.17. The van der Waals surface area contributed by atoms with Gasteiger partial charge in [0.2, 0.25) is 5.91 Å². The van der Waals surface area contributed by atoms with E-state index in [-0.39, 0.29) is 24.2 Å². The zero-order valence-electron chi connectivity index (χ0n) is 16.0. The second-order valence-corrected chi connectivity index (χ2v) is 7.56. The predicted octanol–water partition coefficient (Wildman–Crippen LogP) is 3.13. The lowest BCUT2D eigenvalue weighted by molar-refractivity contribution is -0.121. The summed E-state index contributed by atoms with van der Waals surface area (Å²) in [4.78, 5) is 26.5. The van der Waals surface area contributed by atoms with Gasteiger partial charge in [0.05, 0.1) is 0 Å². The maximum atomic E-state index is 12.5. The Morgan fingerprint density at radius 2 is 1.70 bits per heavy atom. The number of hydrogen-bond donors (Lipinski definition) is 2. The van der Waals surface area contributed by atoms with E-state index in [9.17, 15) is 9.59 Å². The number of benzene rings is 1. The van der Waals surface area contributed by atoms with Gasteiger partial charge in [-0.3, -0.25) is 9.59 Å². The number of nitrogens with one attached hydrogen (secondary N) is 2. The van der Waals surface area contributed by atoms with Gasteiger partial charge in [0.1, 0.15) is 0 Å². The molecule has 0 spiro atoms. The Kier molecular flexibility index (Phi) is 9.08. The van der Waals surface area contributed by atoms with E-state index in [1.54, 1.807) is 0 Å². The van der Waals surface area contributed by atoms with Crippen molar-refractivity contribution in [3.05, 3.63) is 35.4 Å². The fourth-order valence-corrected chi connectivity index (χ4v) is 3.84. The lowest BCUT2D eigenvalue weighted by Crippen LogP contribution is -2.35. The molecule has 1 aromatic carbocycles. The third kappa shape index (κ3) is 6.82. The van der Waals surface area contributed by atoms with Crippen LogP contribution >= 0.6 is 12.4 Å². The average Bonchev–Trinajstić information content (AvgIpc) is 2.72. The molecule has 5 nitrogen and oxygen atoms in total. The highest BCUT2D eigenvalue weighted by atomic mass is 35.5. The third-order valence-corrected chi connectivity index (χ3v) is 5.57. The minimum absolute atomic E-state index is 0. The zero-order valence-corrected chi connectivity index (χ0v) is 16.9. The van der Waals surface area contributed by atoms with E-state index < -0.39 is 0 Å². The molecule has 0 unspecified atom stereocenters. The van der Waals surface area contributed by atoms with Gasteiger partial charge in [-0.1, -0.05) is 12.1 Å². The largest absolute Gasteiger partial charge is 0.352 e. The topological polar surface area (TPSA) is 61.4 Å². The first-order valence-electron chi connectivity index (χ1n) is 10.1. The van der Waals surface area contributed by atoms with Gasteiger partial charge in [0, 0.05) is 31.6 Å². The fraction of sp³-hybridized carbons (Fsp3) is 0.619. The molecule has 6 heteroatoms. The smallest absolute Gasteiger partial charge is 0.253 e. The molecule has 2 saturated heterocycles. The highest BCUT2D eigenvalue weighted by molar-refractivity contribution is 5.94. The molecule has 2 aliphatic rings. The Labute approximate surface area is 168 Å². The summed E-state index contributed by atoms with van der Waals surface area (Å²) in [6, 6.07) is 7.66. The van der Waals surface area contributed by atoms with Crippen LogP contribution in [0.15, 0.2) is 24.3 Å². The van der Waals surface area contributed by atoms with Gasteiger partial charge in [-0.2, -0.15) is 0 Å². The van der Waals surface area contributed by atoms with Crippen molar-refractivity contribution in [2.45, 2.75) is 51.5 Å². The fourth-order valence-electron chi connectivity index (χ4n) is 3.84. The zero-order chi connectivity index (χ0) is 18.2. The second kappa shape index (κ2) is 11.3. The first-order valence-corrected chi connectivity index (χ1v) is 10.1. The van der Waals surface area contributed by atoms with Crippen LogP contribution in [0, 0.1) is 5.92 Å². The summed E-state index contributed by atoms with van der Waals surface area (Å²) in [6.07, 6.45) is 7.38. The molecule has 0 aromatic heterocycles. The lowest BCUT2D eigenvalue weighted by atomic mass is 9.93. The summed E-state index contributed by atoms with van der Waals surface area (Å²) < 4.78 is 0. The monoisotopic (exact) mass is 393 g/mol. The Morgan fingerprint density at radius 1 is 1.04 bits per heavy atom. The third-order valence-electron chi connectivity index (χ3n) is 5.57. The summed E-state index contributed by atoms with van der Waals surface area (Å²) in [5, 5.41) is 6.36. The number of nitrogens with zero attached hydrogens (tertiary/aromatic N) is 1. The van der Waals surface area contributed by atoms with Crippen molar-refractivity contribution in [1.29, 1.82) is 0 Å². The van der Waals surface area contributed by atoms with E-state index in [1.807, 2.05) is 29.2 Å². The number of hydrogen-bond acceptors (Lipinski definition) is 3. The number of carbonyl (C=O) groups excluding carboxylic acids is 2. The van der Waals surface area contributed by atoms with Gasteiger partial charge in [-0.15, -0.1) is 12.4 Å². The molecule has 150 valence electrons. The van der Waals surface area contributed by atoms with Crippen molar-refractivity contribution in [3.63, 3.8) is 0 Å². The molecule has 27 heavy (non-hydrogen) atoms. The average molecular weight is 394 g/mol. The predicted molar refractivity (Wildman–Crippen MR) is 110 cm³/mol. The van der Waals surface area contributed by atoms with Crippen molar-refractivity contribution in [3.8, 4) is 0 Å². The number of amides is 2. The minimum atomic E-state index is 0. The number of rotatable bonds is 6. The normalized spacial score (nSPS) is 17.9. The van der Waals surface area contributed by atoms with Crippen molar-refractivity contribution >= 4 is 24.2 Å². The molecule has 0 atom stereocenters. The quantitative estimate of drug-likeness (QED) is 0.780. The molecule has 2 amide bonds. The SMILES string of the molecule is Cl.O=C(CCC1CCNCC1)NCc1ccc(C(=O)N2CCCCC2)cc1. The van der Waals surface area contributed by atoms with Gasteiger partial charge in [0.25, 0.3) is 5.91 Å². The van der Waals surface area contributed by atoms with Gasteiger partial charge in [-0.05, 0) is 75.2 Å². The molecular formula is C21H32ClN3O2. The minimum Gasteiger partial charge on any atom is -0.352 e. The van der Waals surface area contributed by atoms with E-state index in [0.29, 0.717) is 18.9 Å². The number of carbonyl (C=O) groups is 2. The van der Waals surface area contributed by atoms with E-state index in [2.05, 4.69) is 10.6 Å². The Bertz CT molecular complexity index is 594. The number of likely N-dealkylation sites (tertiary alicyclic amines) is 1. The molecule has 0 bridgehead atoms. The summed E-state index contributed by atoms with van der Waals surface area (Å²) in [6.45, 7) is 4.42. The summed E-state index contributed by atoms with van der Waals surface area (Å²) in [5.74, 6) is 0.932. The highest BCUT2D eigenvalue weighted by Gasteiger charge is 2.18. The van der Waals surface area contributed by atoms with Crippen LogP contribution in [0.25, 0.3) is 0 Å². The van der Waals surface area contributed by atoms with Crippen LogP contribution in [-0.4, -0.2) is 42.9 Å². The van der Waals surface area contributed by atoms with Crippen LogP contribution in [0.4, 0.5) is 0 Å². The molecule has 0 radical (unpaired) electrons. The van der Waals surface area contributed by atoms with Crippen LogP contribution < -0.4 is 10.6 Å². The molecule has 2 N–H and O–H groups in total. The molecule has 3 rings (SSSR count). The Balaban J connectivity index is 0.00000261. The van der Waals surface area contributed by atoms with Crippen LogP contribution in [0.2, 0.25) is 0 Å². The van der Waals surface area contributed by atoms with Crippen LogP contribution in [-0.2, 0) is 11.3 Å². The van der Waals surface area contributed by atoms with Crippen LogP contribution in [0.1, 0.15) is 60.9 Å². The Morgan fingerprint density at radius 3 is 2.37 bits per heavy atom. The molecule has 2 fully saturated rings. The lowest BCUT2D eigenvalue weighted by Gasteiger charge is -2.26. The van der Waals surface area contributed by atoms with Crippen LogP contribution in [0.3, 0.4) is 0 Å². The van der Waals surface area contributed by atoms with E-state index in [4.69, 9.17) is 0 Å².